The Morgan fingerprint density at radius 3 is 2.80 bits per heavy atom. The van der Waals surface area contributed by atoms with Crippen LogP contribution in [0.15, 0.2) is 18.2 Å². The summed E-state index contributed by atoms with van der Waals surface area (Å²) in [6, 6.07) is 4.82. The number of methoxy groups -OCH3 is 1. The van der Waals surface area contributed by atoms with E-state index in [4.69, 9.17) is 10.6 Å². The molecule has 0 amide bonds. The molecule has 0 saturated heterocycles. The number of ether oxygens (including phenoxy) is 1. The molecule has 1 unspecified atom stereocenters. The van der Waals surface area contributed by atoms with Gasteiger partial charge < -0.3 is 4.74 Å². The normalized spacial score (nSPS) is 12.5. The van der Waals surface area contributed by atoms with Gasteiger partial charge in [0.15, 0.2) is 11.6 Å². The first-order valence-electron chi connectivity index (χ1n) is 4.51. The molecule has 0 saturated carbocycles. The minimum Gasteiger partial charge on any atom is -0.494 e. The first-order valence-corrected chi connectivity index (χ1v) is 5.90. The molecule has 15 heavy (non-hydrogen) atoms. The minimum atomic E-state index is -0.364. The van der Waals surface area contributed by atoms with Crippen LogP contribution in [0.4, 0.5) is 4.39 Å². The Hall–Kier alpha value is -0.780. The molecule has 84 valence electrons. The maximum absolute atomic E-state index is 13.4. The van der Waals surface area contributed by atoms with Crippen LogP contribution in [0.2, 0.25) is 0 Å². The summed E-state index contributed by atoms with van der Waals surface area (Å²) in [5.74, 6) is 6.07. The molecule has 1 rings (SSSR count). The van der Waals surface area contributed by atoms with Gasteiger partial charge in [0.1, 0.15) is 0 Å². The van der Waals surface area contributed by atoms with E-state index in [9.17, 15) is 4.39 Å². The smallest absolute Gasteiger partial charge is 0.165 e. The van der Waals surface area contributed by atoms with Gasteiger partial charge in [-0.3, -0.25) is 11.3 Å². The van der Waals surface area contributed by atoms with Crippen LogP contribution in [0.25, 0.3) is 0 Å². The second-order valence-electron chi connectivity index (χ2n) is 3.07. The quantitative estimate of drug-likeness (QED) is 0.597. The third kappa shape index (κ3) is 3.09. The lowest BCUT2D eigenvalue weighted by Crippen LogP contribution is -2.29. The maximum Gasteiger partial charge on any atom is 0.165 e. The second-order valence-corrected chi connectivity index (χ2v) is 3.98. The fourth-order valence-corrected chi connectivity index (χ4v) is 1.93. The van der Waals surface area contributed by atoms with Gasteiger partial charge in [-0.05, 0) is 24.0 Å². The standard InChI is InChI=1S/C10H15FN2OS/c1-14-10-4-3-7(5-8(10)11)9(13-12)6-15-2/h3-5,9,13H,6,12H2,1-2H3. The number of nitrogens with two attached hydrogens (primary N) is 1. The third-order valence-electron chi connectivity index (χ3n) is 2.11. The van der Waals surface area contributed by atoms with Crippen LogP contribution in [0.5, 0.6) is 5.75 Å². The number of halogens is 1. The molecule has 3 nitrogen and oxygen atoms in total. The summed E-state index contributed by atoms with van der Waals surface area (Å²) in [6.07, 6.45) is 1.98. The number of rotatable bonds is 5. The Balaban J connectivity index is 2.89. The van der Waals surface area contributed by atoms with Crippen LogP contribution < -0.4 is 16.0 Å². The Morgan fingerprint density at radius 2 is 2.33 bits per heavy atom. The van der Waals surface area contributed by atoms with E-state index in [-0.39, 0.29) is 17.6 Å². The van der Waals surface area contributed by atoms with Crippen LogP contribution in [-0.4, -0.2) is 19.1 Å². The lowest BCUT2D eigenvalue weighted by Gasteiger charge is -2.15. The highest BCUT2D eigenvalue weighted by Gasteiger charge is 2.11. The summed E-state index contributed by atoms with van der Waals surface area (Å²) < 4.78 is 18.2. The van der Waals surface area contributed by atoms with Gasteiger partial charge in [0.25, 0.3) is 0 Å². The number of nitrogens with one attached hydrogen (secondary N) is 1. The van der Waals surface area contributed by atoms with Crippen LogP contribution in [0.3, 0.4) is 0 Å². The molecule has 0 radical (unpaired) electrons. The highest BCUT2D eigenvalue weighted by atomic mass is 32.2. The van der Waals surface area contributed by atoms with E-state index in [1.807, 2.05) is 12.3 Å². The van der Waals surface area contributed by atoms with Crippen molar-refractivity contribution in [3.05, 3.63) is 29.6 Å². The molecule has 0 fully saturated rings. The molecule has 0 spiro atoms. The summed E-state index contributed by atoms with van der Waals surface area (Å²) in [4.78, 5) is 0. The fraction of sp³-hybridized carbons (Fsp3) is 0.400. The van der Waals surface area contributed by atoms with Gasteiger partial charge in [0, 0.05) is 5.75 Å². The molecule has 0 aliphatic heterocycles. The molecular weight excluding hydrogens is 215 g/mol. The summed E-state index contributed by atoms with van der Waals surface area (Å²) >= 11 is 1.65. The number of thioether (sulfide) groups is 1. The van der Waals surface area contributed by atoms with Gasteiger partial charge in [0.2, 0.25) is 0 Å². The number of hydrazine groups is 1. The summed E-state index contributed by atoms with van der Waals surface area (Å²) in [7, 11) is 1.44. The van der Waals surface area contributed by atoms with Crippen molar-refractivity contribution in [3.63, 3.8) is 0 Å². The van der Waals surface area contributed by atoms with Gasteiger partial charge in [0.05, 0.1) is 13.2 Å². The summed E-state index contributed by atoms with van der Waals surface area (Å²) in [5, 5.41) is 0. The lowest BCUT2D eigenvalue weighted by molar-refractivity contribution is 0.385. The molecule has 0 bridgehead atoms. The van der Waals surface area contributed by atoms with Crippen molar-refractivity contribution in [1.82, 2.24) is 5.43 Å². The van der Waals surface area contributed by atoms with Crippen molar-refractivity contribution in [2.24, 2.45) is 5.84 Å². The lowest BCUT2D eigenvalue weighted by atomic mass is 10.1. The molecule has 1 aromatic carbocycles. The predicted molar refractivity (Wildman–Crippen MR) is 61.4 cm³/mol. The number of benzene rings is 1. The third-order valence-corrected chi connectivity index (χ3v) is 2.78. The van der Waals surface area contributed by atoms with E-state index in [2.05, 4.69) is 5.43 Å². The molecule has 0 aliphatic rings. The van der Waals surface area contributed by atoms with Gasteiger partial charge >= 0.3 is 0 Å². The molecule has 1 atom stereocenters. The highest BCUT2D eigenvalue weighted by molar-refractivity contribution is 7.98. The monoisotopic (exact) mass is 230 g/mol. The fourth-order valence-electron chi connectivity index (χ4n) is 1.31. The summed E-state index contributed by atoms with van der Waals surface area (Å²) in [5.41, 5.74) is 3.48. The largest absolute Gasteiger partial charge is 0.494 e. The Kier molecular flexibility index (Phi) is 4.87. The molecule has 5 heteroatoms. The van der Waals surface area contributed by atoms with Crippen LogP contribution in [0, 0.1) is 5.82 Å². The van der Waals surface area contributed by atoms with E-state index in [1.165, 1.54) is 13.2 Å². The zero-order chi connectivity index (χ0) is 11.3. The number of hydrogen-bond donors (Lipinski definition) is 2. The van der Waals surface area contributed by atoms with Crippen LogP contribution in [-0.2, 0) is 0 Å². The predicted octanol–water partition coefficient (Wildman–Crippen LogP) is 1.70. The minimum absolute atomic E-state index is 0.0413. The van der Waals surface area contributed by atoms with Gasteiger partial charge in [-0.25, -0.2) is 4.39 Å². The van der Waals surface area contributed by atoms with Crippen molar-refractivity contribution in [3.8, 4) is 5.75 Å². The number of hydrogen-bond acceptors (Lipinski definition) is 4. The van der Waals surface area contributed by atoms with E-state index in [0.29, 0.717) is 0 Å². The summed E-state index contributed by atoms with van der Waals surface area (Å²) in [6.45, 7) is 0. The highest BCUT2D eigenvalue weighted by Crippen LogP contribution is 2.23. The van der Waals surface area contributed by atoms with Crippen molar-refractivity contribution in [1.29, 1.82) is 0 Å². The molecule has 1 aromatic rings. The van der Waals surface area contributed by atoms with Gasteiger partial charge in [-0.15, -0.1) is 0 Å². The van der Waals surface area contributed by atoms with E-state index in [0.717, 1.165) is 11.3 Å². The van der Waals surface area contributed by atoms with Crippen molar-refractivity contribution in [2.75, 3.05) is 19.1 Å². The van der Waals surface area contributed by atoms with E-state index in [1.54, 1.807) is 17.8 Å². The zero-order valence-electron chi connectivity index (χ0n) is 8.79. The van der Waals surface area contributed by atoms with E-state index < -0.39 is 0 Å². The Labute approximate surface area is 93.2 Å². The average molecular weight is 230 g/mol. The SMILES string of the molecule is COc1ccc(C(CSC)NN)cc1F. The zero-order valence-corrected chi connectivity index (χ0v) is 9.60. The average Bonchev–Trinajstić information content (AvgIpc) is 2.25. The van der Waals surface area contributed by atoms with Gasteiger partial charge in [-0.2, -0.15) is 11.8 Å². The van der Waals surface area contributed by atoms with Crippen LogP contribution in [0.1, 0.15) is 11.6 Å². The Morgan fingerprint density at radius 1 is 1.60 bits per heavy atom. The molecular formula is C10H15FN2OS. The first-order chi connectivity index (χ1) is 7.22. The topological polar surface area (TPSA) is 47.3 Å². The first kappa shape index (κ1) is 12.3. The van der Waals surface area contributed by atoms with E-state index >= 15 is 0 Å². The van der Waals surface area contributed by atoms with Crippen molar-refractivity contribution >= 4 is 11.8 Å². The van der Waals surface area contributed by atoms with Crippen LogP contribution >= 0.6 is 11.8 Å². The Bertz CT molecular complexity index is 322. The van der Waals surface area contributed by atoms with Crippen molar-refractivity contribution in [2.45, 2.75) is 6.04 Å². The second kappa shape index (κ2) is 5.95. The molecule has 3 N–H and O–H groups in total. The molecule has 0 aliphatic carbocycles. The molecule has 0 aromatic heterocycles. The molecule has 0 heterocycles. The van der Waals surface area contributed by atoms with Gasteiger partial charge in [-0.1, -0.05) is 6.07 Å². The van der Waals surface area contributed by atoms with Crippen molar-refractivity contribution < 1.29 is 9.13 Å². The maximum atomic E-state index is 13.4.